The number of carbonyl (C=O) groups is 2. The molecule has 80 valence electrons. The molecule has 1 aromatic carbocycles. The Morgan fingerprint density at radius 3 is 2.40 bits per heavy atom. The Hall–Kier alpha value is -1.64. The van der Waals surface area contributed by atoms with E-state index in [4.69, 9.17) is 4.74 Å². The molecule has 0 heterocycles. The quantitative estimate of drug-likeness (QED) is 0.707. The summed E-state index contributed by atoms with van der Waals surface area (Å²) in [4.78, 5) is 22.1. The number of ether oxygens (including phenoxy) is 1. The highest BCUT2D eigenvalue weighted by molar-refractivity contribution is 5.82. The zero-order chi connectivity index (χ0) is 11.3. The van der Waals surface area contributed by atoms with Crippen molar-refractivity contribution in [2.45, 2.75) is 19.8 Å². The molecule has 1 unspecified atom stereocenters. The summed E-state index contributed by atoms with van der Waals surface area (Å²) in [6.45, 7) is 3.01. The van der Waals surface area contributed by atoms with Gasteiger partial charge in [0.15, 0.2) is 5.78 Å². The van der Waals surface area contributed by atoms with Crippen molar-refractivity contribution in [1.29, 1.82) is 0 Å². The number of ketones is 1. The van der Waals surface area contributed by atoms with Gasteiger partial charge in [-0.2, -0.15) is 0 Å². The van der Waals surface area contributed by atoms with E-state index >= 15 is 0 Å². The maximum absolute atomic E-state index is 11.5. The molecule has 0 aromatic heterocycles. The van der Waals surface area contributed by atoms with Gasteiger partial charge in [-0.15, -0.1) is 0 Å². The molecular formula is C12H14O3. The average molecular weight is 206 g/mol. The van der Waals surface area contributed by atoms with Crippen molar-refractivity contribution in [2.75, 3.05) is 6.61 Å². The summed E-state index contributed by atoms with van der Waals surface area (Å²) in [6.07, 6.45) is 0. The van der Waals surface area contributed by atoms with Crippen molar-refractivity contribution in [3.8, 4) is 0 Å². The van der Waals surface area contributed by atoms with Crippen LogP contribution in [0.2, 0.25) is 0 Å². The normalized spacial score (nSPS) is 11.9. The van der Waals surface area contributed by atoms with Crippen LogP contribution in [0.5, 0.6) is 0 Å². The van der Waals surface area contributed by atoms with Gasteiger partial charge in [-0.25, -0.2) is 0 Å². The van der Waals surface area contributed by atoms with Gasteiger partial charge in [0.25, 0.3) is 0 Å². The van der Waals surface area contributed by atoms with E-state index < -0.39 is 0 Å². The highest BCUT2D eigenvalue weighted by Crippen LogP contribution is 2.15. The third kappa shape index (κ3) is 3.54. The molecule has 1 rings (SSSR count). The van der Waals surface area contributed by atoms with E-state index in [9.17, 15) is 9.59 Å². The molecule has 0 aliphatic rings. The molecule has 3 heteroatoms. The van der Waals surface area contributed by atoms with E-state index in [1.54, 1.807) is 6.92 Å². The van der Waals surface area contributed by atoms with E-state index in [2.05, 4.69) is 0 Å². The molecule has 0 amide bonds. The predicted octanol–water partition coefficient (Wildman–Crippen LogP) is 1.92. The fraction of sp³-hybridized carbons (Fsp3) is 0.333. The van der Waals surface area contributed by atoms with Gasteiger partial charge in [-0.05, 0) is 19.4 Å². The second-order valence-corrected chi connectivity index (χ2v) is 3.44. The van der Waals surface area contributed by atoms with Crippen LogP contribution in [0.3, 0.4) is 0 Å². The zero-order valence-electron chi connectivity index (χ0n) is 8.90. The third-order valence-electron chi connectivity index (χ3n) is 2.07. The Labute approximate surface area is 89.1 Å². The Balaban J connectivity index is 2.57. The van der Waals surface area contributed by atoms with Gasteiger partial charge >= 0.3 is 5.97 Å². The van der Waals surface area contributed by atoms with Crippen LogP contribution >= 0.6 is 0 Å². The molecule has 0 spiro atoms. The summed E-state index contributed by atoms with van der Waals surface area (Å²) >= 11 is 0. The van der Waals surface area contributed by atoms with Crippen LogP contribution in [-0.2, 0) is 14.3 Å². The topological polar surface area (TPSA) is 43.4 Å². The second kappa shape index (κ2) is 5.29. The Kier molecular flexibility index (Phi) is 4.03. The lowest BCUT2D eigenvalue weighted by molar-refractivity contribution is -0.148. The lowest BCUT2D eigenvalue weighted by Crippen LogP contribution is -2.16. The van der Waals surface area contributed by atoms with Crippen LogP contribution < -0.4 is 0 Å². The number of Topliss-reactive ketones (excluding diaryl/α,β-unsaturated/α-hetero) is 1. The molecule has 0 fully saturated rings. The summed E-state index contributed by atoms with van der Waals surface area (Å²) in [6, 6.07) is 9.34. The van der Waals surface area contributed by atoms with Crippen molar-refractivity contribution in [1.82, 2.24) is 0 Å². The van der Waals surface area contributed by atoms with Gasteiger partial charge in [-0.1, -0.05) is 30.3 Å². The lowest BCUT2D eigenvalue weighted by Gasteiger charge is -2.10. The Morgan fingerprint density at radius 2 is 1.87 bits per heavy atom. The van der Waals surface area contributed by atoms with Gasteiger partial charge in [-0.3, -0.25) is 9.59 Å². The van der Waals surface area contributed by atoms with E-state index in [0.29, 0.717) is 0 Å². The summed E-state index contributed by atoms with van der Waals surface area (Å²) < 4.78 is 4.83. The third-order valence-corrected chi connectivity index (χ3v) is 2.07. The molecule has 0 saturated carbocycles. The molecule has 0 bridgehead atoms. The molecule has 0 aliphatic carbocycles. The van der Waals surface area contributed by atoms with Gasteiger partial charge in [0.05, 0.1) is 5.92 Å². The van der Waals surface area contributed by atoms with Crippen LogP contribution in [-0.4, -0.2) is 18.4 Å². The number of hydrogen-bond acceptors (Lipinski definition) is 3. The van der Waals surface area contributed by atoms with Crippen molar-refractivity contribution < 1.29 is 14.3 Å². The number of rotatable bonds is 4. The Bertz CT molecular complexity index is 343. The van der Waals surface area contributed by atoms with Crippen LogP contribution in [0, 0.1) is 0 Å². The second-order valence-electron chi connectivity index (χ2n) is 3.44. The first-order valence-corrected chi connectivity index (χ1v) is 4.82. The van der Waals surface area contributed by atoms with Crippen molar-refractivity contribution in [2.24, 2.45) is 0 Å². The molecule has 3 nitrogen and oxygen atoms in total. The zero-order valence-corrected chi connectivity index (χ0v) is 8.90. The maximum Gasteiger partial charge on any atom is 0.313 e. The SMILES string of the molecule is CC(=O)COC(=O)C(C)c1ccccc1. The first-order valence-electron chi connectivity index (χ1n) is 4.82. The minimum atomic E-state index is -0.364. The van der Waals surface area contributed by atoms with Gasteiger partial charge in [0.2, 0.25) is 0 Å². The van der Waals surface area contributed by atoms with E-state index in [-0.39, 0.29) is 24.3 Å². The van der Waals surface area contributed by atoms with Crippen molar-refractivity contribution in [3.63, 3.8) is 0 Å². The van der Waals surface area contributed by atoms with Gasteiger partial charge < -0.3 is 4.74 Å². The standard InChI is InChI=1S/C12H14O3/c1-9(13)8-15-12(14)10(2)11-6-4-3-5-7-11/h3-7,10H,8H2,1-2H3. The minimum Gasteiger partial charge on any atom is -0.457 e. The van der Waals surface area contributed by atoms with Gasteiger partial charge in [0, 0.05) is 0 Å². The molecule has 1 aromatic rings. The summed E-state index contributed by atoms with van der Waals surface area (Å²) in [5.74, 6) is -0.842. The lowest BCUT2D eigenvalue weighted by atomic mass is 10.0. The molecule has 0 radical (unpaired) electrons. The maximum atomic E-state index is 11.5. The average Bonchev–Trinajstić information content (AvgIpc) is 2.26. The number of hydrogen-bond donors (Lipinski definition) is 0. The number of esters is 1. The van der Waals surface area contributed by atoms with E-state index in [1.807, 2.05) is 30.3 Å². The molecule has 0 N–H and O–H groups in total. The highest BCUT2D eigenvalue weighted by atomic mass is 16.5. The van der Waals surface area contributed by atoms with Gasteiger partial charge in [0.1, 0.15) is 6.61 Å². The monoisotopic (exact) mass is 206 g/mol. The number of carbonyl (C=O) groups excluding carboxylic acids is 2. The molecule has 0 aliphatic heterocycles. The van der Waals surface area contributed by atoms with Crippen LogP contribution in [0.4, 0.5) is 0 Å². The first kappa shape index (κ1) is 11.4. The van der Waals surface area contributed by atoms with E-state index in [0.717, 1.165) is 5.56 Å². The van der Waals surface area contributed by atoms with Crippen molar-refractivity contribution in [3.05, 3.63) is 35.9 Å². The Morgan fingerprint density at radius 1 is 1.27 bits per heavy atom. The molecule has 15 heavy (non-hydrogen) atoms. The molecule has 1 atom stereocenters. The number of benzene rings is 1. The van der Waals surface area contributed by atoms with Crippen molar-refractivity contribution >= 4 is 11.8 Å². The molecule has 0 saturated heterocycles. The predicted molar refractivity (Wildman–Crippen MR) is 56.5 cm³/mol. The highest BCUT2D eigenvalue weighted by Gasteiger charge is 2.16. The minimum absolute atomic E-state index is 0.143. The van der Waals surface area contributed by atoms with Crippen LogP contribution in [0.25, 0.3) is 0 Å². The van der Waals surface area contributed by atoms with E-state index in [1.165, 1.54) is 6.92 Å². The summed E-state index contributed by atoms with van der Waals surface area (Å²) in [5.41, 5.74) is 0.894. The largest absolute Gasteiger partial charge is 0.457 e. The fourth-order valence-electron chi connectivity index (χ4n) is 1.18. The summed E-state index contributed by atoms with van der Waals surface area (Å²) in [5, 5.41) is 0. The molecular weight excluding hydrogens is 192 g/mol. The van der Waals surface area contributed by atoms with Crippen LogP contribution in [0.15, 0.2) is 30.3 Å². The fourth-order valence-corrected chi connectivity index (χ4v) is 1.18. The summed E-state index contributed by atoms with van der Waals surface area (Å²) in [7, 11) is 0. The first-order chi connectivity index (χ1) is 7.11. The van der Waals surface area contributed by atoms with Crippen LogP contribution in [0.1, 0.15) is 25.3 Å². The smallest absolute Gasteiger partial charge is 0.313 e.